The molecule has 42 heavy (non-hydrogen) atoms. The van der Waals surface area contributed by atoms with Crippen LogP contribution in [0.3, 0.4) is 0 Å². The maximum absolute atomic E-state index is 14.1. The van der Waals surface area contributed by atoms with E-state index in [1.807, 2.05) is 0 Å². The van der Waals surface area contributed by atoms with Gasteiger partial charge in [-0.1, -0.05) is 37.1 Å². The number of halogens is 1. The van der Waals surface area contributed by atoms with Crippen LogP contribution < -0.4 is 19.1 Å². The Bertz CT molecular complexity index is 1480. The fourth-order valence-electron chi connectivity index (χ4n) is 4.99. The average Bonchev–Trinajstić information content (AvgIpc) is 3.52. The number of rotatable bonds is 12. The van der Waals surface area contributed by atoms with Gasteiger partial charge in [-0.25, -0.2) is 12.8 Å². The number of methoxy groups -OCH3 is 2. The van der Waals surface area contributed by atoms with Crippen molar-refractivity contribution >= 4 is 27.5 Å². The Hall–Kier alpha value is -4.12. The molecule has 4 rings (SSSR count). The Kier molecular flexibility index (Phi) is 10.1. The Morgan fingerprint density at radius 3 is 2.21 bits per heavy atom. The van der Waals surface area contributed by atoms with Gasteiger partial charge in [0.1, 0.15) is 29.9 Å². The van der Waals surface area contributed by atoms with Crippen LogP contribution in [0.2, 0.25) is 0 Å². The van der Waals surface area contributed by atoms with Crippen molar-refractivity contribution in [2.45, 2.75) is 56.1 Å². The first kappa shape index (κ1) is 30.8. The largest absolute Gasteiger partial charge is 0.497 e. The molecule has 1 saturated carbocycles. The first-order valence-corrected chi connectivity index (χ1v) is 15.2. The van der Waals surface area contributed by atoms with Crippen LogP contribution in [0, 0.1) is 5.82 Å². The SMILES string of the molecule is COc1ccc(S(=O)(=O)N(CC(=O)N(Cc2ccc(F)cc2)[C@@H](C)C(=O)NC2CCCC2)c2ccccc2OC)cc1. The van der Waals surface area contributed by atoms with E-state index in [0.717, 1.165) is 30.0 Å². The summed E-state index contributed by atoms with van der Waals surface area (Å²) in [5, 5.41) is 3.02. The topological polar surface area (TPSA) is 105 Å². The lowest BCUT2D eigenvalue weighted by Crippen LogP contribution is -2.52. The fraction of sp³-hybridized carbons (Fsp3) is 0.355. The van der Waals surface area contributed by atoms with E-state index >= 15 is 0 Å². The van der Waals surface area contributed by atoms with Crippen molar-refractivity contribution in [1.82, 2.24) is 10.2 Å². The molecule has 1 aliphatic carbocycles. The minimum Gasteiger partial charge on any atom is -0.497 e. The van der Waals surface area contributed by atoms with Crippen LogP contribution in [0.25, 0.3) is 0 Å². The predicted octanol–water partition coefficient (Wildman–Crippen LogP) is 4.51. The van der Waals surface area contributed by atoms with Crippen molar-refractivity contribution in [2.24, 2.45) is 0 Å². The van der Waals surface area contributed by atoms with Crippen LogP contribution in [-0.4, -0.2) is 58.0 Å². The summed E-state index contributed by atoms with van der Waals surface area (Å²) in [4.78, 5) is 28.6. The molecule has 0 aliphatic heterocycles. The molecule has 9 nitrogen and oxygen atoms in total. The number of carbonyl (C=O) groups is 2. The van der Waals surface area contributed by atoms with Gasteiger partial charge in [-0.15, -0.1) is 0 Å². The van der Waals surface area contributed by atoms with Gasteiger partial charge in [0.2, 0.25) is 11.8 Å². The van der Waals surface area contributed by atoms with E-state index in [0.29, 0.717) is 11.3 Å². The van der Waals surface area contributed by atoms with Gasteiger partial charge in [-0.05, 0) is 73.9 Å². The number of hydrogen-bond acceptors (Lipinski definition) is 6. The molecule has 3 aromatic carbocycles. The first-order valence-electron chi connectivity index (χ1n) is 13.8. The number of ether oxygens (including phenoxy) is 2. The molecule has 1 fully saturated rings. The summed E-state index contributed by atoms with van der Waals surface area (Å²) >= 11 is 0. The molecule has 224 valence electrons. The van der Waals surface area contributed by atoms with E-state index in [2.05, 4.69) is 5.32 Å². The number of carbonyl (C=O) groups excluding carboxylic acids is 2. The molecule has 11 heteroatoms. The van der Waals surface area contributed by atoms with Crippen LogP contribution in [-0.2, 0) is 26.2 Å². The van der Waals surface area contributed by atoms with Crippen LogP contribution in [0.15, 0.2) is 77.7 Å². The third-order valence-electron chi connectivity index (χ3n) is 7.42. The van der Waals surface area contributed by atoms with Crippen molar-refractivity contribution in [2.75, 3.05) is 25.1 Å². The number of hydrogen-bond donors (Lipinski definition) is 1. The Balaban J connectivity index is 1.71. The first-order chi connectivity index (χ1) is 20.1. The van der Waals surface area contributed by atoms with E-state index in [-0.39, 0.29) is 34.8 Å². The highest BCUT2D eigenvalue weighted by Gasteiger charge is 2.34. The molecule has 0 saturated heterocycles. The van der Waals surface area contributed by atoms with E-state index < -0.39 is 34.3 Å². The lowest BCUT2D eigenvalue weighted by atomic mass is 10.1. The molecule has 2 amide bonds. The molecule has 0 aromatic heterocycles. The summed E-state index contributed by atoms with van der Waals surface area (Å²) in [7, 11) is -1.40. The normalized spacial score (nSPS) is 14.2. The van der Waals surface area contributed by atoms with Crippen LogP contribution in [0.1, 0.15) is 38.2 Å². The zero-order valence-electron chi connectivity index (χ0n) is 24.0. The standard InChI is InChI=1S/C31H36FN3O6S/c1-22(31(37)33-25-8-4-5-9-25)34(20-23-12-14-24(32)15-13-23)30(36)21-35(28-10-6-7-11-29(28)41-3)42(38,39)27-18-16-26(40-2)17-19-27/h6-7,10-19,22,25H,4-5,8-9,20-21H2,1-3H3,(H,33,37)/t22-/m0/s1. The smallest absolute Gasteiger partial charge is 0.264 e. The summed E-state index contributed by atoms with van der Waals surface area (Å²) in [5.74, 6) is -0.659. The minimum atomic E-state index is -4.28. The molecule has 0 unspecified atom stereocenters. The third kappa shape index (κ3) is 7.20. The van der Waals surface area contributed by atoms with Crippen molar-refractivity contribution in [3.05, 3.63) is 84.2 Å². The number of nitrogens with one attached hydrogen (secondary N) is 1. The van der Waals surface area contributed by atoms with E-state index in [1.165, 1.54) is 67.7 Å². The summed E-state index contributed by atoms with van der Waals surface area (Å²) in [5.41, 5.74) is 0.751. The lowest BCUT2D eigenvalue weighted by Gasteiger charge is -2.32. The maximum Gasteiger partial charge on any atom is 0.264 e. The van der Waals surface area contributed by atoms with Gasteiger partial charge in [-0.3, -0.25) is 13.9 Å². The Morgan fingerprint density at radius 1 is 0.952 bits per heavy atom. The second-order valence-electron chi connectivity index (χ2n) is 10.2. The highest BCUT2D eigenvalue weighted by Crippen LogP contribution is 2.33. The van der Waals surface area contributed by atoms with Gasteiger partial charge in [0, 0.05) is 12.6 Å². The van der Waals surface area contributed by atoms with Crippen LogP contribution in [0.5, 0.6) is 11.5 Å². The summed E-state index contributed by atoms with van der Waals surface area (Å²) < 4.78 is 53.3. The summed E-state index contributed by atoms with van der Waals surface area (Å²) in [6.45, 7) is 0.967. The molecule has 0 spiro atoms. The number of para-hydroxylation sites is 2. The highest BCUT2D eigenvalue weighted by atomic mass is 32.2. The number of benzene rings is 3. The van der Waals surface area contributed by atoms with Gasteiger partial charge >= 0.3 is 0 Å². The second-order valence-corrected chi connectivity index (χ2v) is 12.0. The van der Waals surface area contributed by atoms with Crippen molar-refractivity contribution in [3.8, 4) is 11.5 Å². The molecule has 1 aliphatic rings. The van der Waals surface area contributed by atoms with Crippen molar-refractivity contribution < 1.29 is 31.9 Å². The lowest BCUT2D eigenvalue weighted by molar-refractivity contribution is -0.139. The molecule has 1 atom stereocenters. The maximum atomic E-state index is 14.1. The van der Waals surface area contributed by atoms with Gasteiger partial charge in [0.25, 0.3) is 10.0 Å². The number of anilines is 1. The van der Waals surface area contributed by atoms with Gasteiger partial charge < -0.3 is 19.7 Å². The predicted molar refractivity (Wildman–Crippen MR) is 157 cm³/mol. The van der Waals surface area contributed by atoms with Crippen molar-refractivity contribution in [3.63, 3.8) is 0 Å². The molecule has 0 bridgehead atoms. The zero-order valence-corrected chi connectivity index (χ0v) is 24.8. The van der Waals surface area contributed by atoms with Crippen LogP contribution in [0.4, 0.5) is 10.1 Å². The van der Waals surface area contributed by atoms with E-state index in [4.69, 9.17) is 9.47 Å². The highest BCUT2D eigenvalue weighted by molar-refractivity contribution is 7.92. The van der Waals surface area contributed by atoms with Crippen molar-refractivity contribution in [1.29, 1.82) is 0 Å². The number of amides is 2. The Labute approximate surface area is 246 Å². The number of sulfonamides is 1. The van der Waals surface area contributed by atoms with E-state index in [1.54, 1.807) is 31.2 Å². The average molecular weight is 598 g/mol. The fourth-order valence-corrected chi connectivity index (χ4v) is 6.41. The molecular weight excluding hydrogens is 561 g/mol. The molecule has 1 N–H and O–H groups in total. The minimum absolute atomic E-state index is 0.0271. The monoisotopic (exact) mass is 597 g/mol. The number of nitrogens with zero attached hydrogens (tertiary/aromatic N) is 2. The quantitative estimate of drug-likeness (QED) is 0.329. The van der Waals surface area contributed by atoms with E-state index in [9.17, 15) is 22.4 Å². The van der Waals surface area contributed by atoms with Gasteiger partial charge in [0.05, 0.1) is 24.8 Å². The van der Waals surface area contributed by atoms with Gasteiger partial charge in [-0.2, -0.15) is 0 Å². The summed E-state index contributed by atoms with van der Waals surface area (Å²) in [6, 6.07) is 17.0. The zero-order chi connectivity index (χ0) is 30.3. The Morgan fingerprint density at radius 2 is 1.60 bits per heavy atom. The molecule has 3 aromatic rings. The molecule has 0 radical (unpaired) electrons. The molecule has 0 heterocycles. The third-order valence-corrected chi connectivity index (χ3v) is 9.19. The molecular formula is C31H36FN3O6S. The van der Waals surface area contributed by atoms with Crippen LogP contribution >= 0.6 is 0 Å². The summed E-state index contributed by atoms with van der Waals surface area (Å²) in [6.07, 6.45) is 3.78. The van der Waals surface area contributed by atoms with Gasteiger partial charge in [0.15, 0.2) is 0 Å². The second kappa shape index (κ2) is 13.7.